The molecule has 0 unspecified atom stereocenters. The maximum Gasteiger partial charge on any atom is 0.270 e. The van der Waals surface area contributed by atoms with Gasteiger partial charge in [0.2, 0.25) is 5.95 Å². The molecule has 0 spiro atoms. The van der Waals surface area contributed by atoms with Gasteiger partial charge in [0, 0.05) is 5.56 Å². The quantitative estimate of drug-likeness (QED) is 0.289. The van der Waals surface area contributed by atoms with E-state index in [0.717, 1.165) is 11.1 Å². The van der Waals surface area contributed by atoms with E-state index in [1.807, 2.05) is 67.6 Å². The van der Waals surface area contributed by atoms with Gasteiger partial charge in [0.15, 0.2) is 11.5 Å². The van der Waals surface area contributed by atoms with Crippen LogP contribution < -0.4 is 20.5 Å². The third-order valence-electron chi connectivity index (χ3n) is 5.17. The summed E-state index contributed by atoms with van der Waals surface area (Å²) in [5, 5.41) is 13.6. The summed E-state index contributed by atoms with van der Waals surface area (Å²) in [6.07, 6.45) is 1.57. The molecule has 0 aliphatic rings. The minimum Gasteiger partial charge on any atom is -0.493 e. The molecule has 0 bridgehead atoms. The van der Waals surface area contributed by atoms with Crippen LogP contribution in [0, 0.1) is 18.3 Å². The molecule has 2 N–H and O–H groups in total. The second-order valence-electron chi connectivity index (χ2n) is 7.67. The van der Waals surface area contributed by atoms with Crippen LogP contribution in [0.15, 0.2) is 82.7 Å². The van der Waals surface area contributed by atoms with E-state index in [2.05, 4.69) is 20.5 Å². The molecule has 0 atom stereocenters. The molecule has 3 aromatic carbocycles. The van der Waals surface area contributed by atoms with Crippen molar-refractivity contribution in [3.63, 3.8) is 0 Å². The lowest BCUT2D eigenvalue weighted by Gasteiger charge is -2.11. The average Bonchev–Trinajstić information content (AvgIpc) is 2.88. The molecule has 0 saturated heterocycles. The summed E-state index contributed by atoms with van der Waals surface area (Å²) < 4.78 is 11.4. The first kappa shape index (κ1) is 23.3. The average molecular weight is 466 g/mol. The van der Waals surface area contributed by atoms with E-state index in [1.165, 1.54) is 5.56 Å². The monoisotopic (exact) mass is 465 g/mol. The van der Waals surface area contributed by atoms with E-state index in [0.29, 0.717) is 23.7 Å². The molecule has 174 valence electrons. The summed E-state index contributed by atoms with van der Waals surface area (Å²) >= 11 is 0. The van der Waals surface area contributed by atoms with Gasteiger partial charge in [-0.15, -0.1) is 0 Å². The summed E-state index contributed by atoms with van der Waals surface area (Å²) in [6, 6.07) is 24.5. The molecule has 8 heteroatoms. The minimum atomic E-state index is -0.546. The Hall–Kier alpha value is -4.90. The molecule has 0 fully saturated rings. The van der Waals surface area contributed by atoms with Gasteiger partial charge in [0.25, 0.3) is 5.56 Å². The van der Waals surface area contributed by atoms with E-state index in [1.54, 1.807) is 31.5 Å². The number of aromatic nitrogens is 2. The van der Waals surface area contributed by atoms with Crippen molar-refractivity contribution < 1.29 is 9.47 Å². The topological polar surface area (TPSA) is 112 Å². The van der Waals surface area contributed by atoms with Crippen molar-refractivity contribution in [1.29, 1.82) is 5.26 Å². The molecule has 0 saturated carbocycles. The van der Waals surface area contributed by atoms with Crippen molar-refractivity contribution in [3.8, 4) is 28.8 Å². The van der Waals surface area contributed by atoms with Crippen LogP contribution in [0.25, 0.3) is 11.3 Å². The van der Waals surface area contributed by atoms with Crippen molar-refractivity contribution in [2.45, 2.75) is 13.5 Å². The van der Waals surface area contributed by atoms with Gasteiger partial charge in [-0.3, -0.25) is 9.78 Å². The number of methoxy groups -OCH3 is 1. The van der Waals surface area contributed by atoms with E-state index in [4.69, 9.17) is 9.47 Å². The second kappa shape index (κ2) is 10.8. The number of ether oxygens (including phenoxy) is 2. The summed E-state index contributed by atoms with van der Waals surface area (Å²) in [5.41, 5.74) is 6.04. The summed E-state index contributed by atoms with van der Waals surface area (Å²) in [4.78, 5) is 19.3. The SMILES string of the molecule is COc1ccc(C=NNc2nc(-c3ccccc3)c(C#N)c(=O)[nH]2)cc1OCc1ccc(C)cc1. The Morgan fingerprint density at radius 3 is 2.57 bits per heavy atom. The molecule has 0 aliphatic carbocycles. The third kappa shape index (κ3) is 5.72. The van der Waals surface area contributed by atoms with Crippen molar-refractivity contribution in [3.05, 3.63) is 105 Å². The lowest BCUT2D eigenvalue weighted by molar-refractivity contribution is 0.284. The van der Waals surface area contributed by atoms with Crippen molar-refractivity contribution in [2.75, 3.05) is 12.5 Å². The maximum absolute atomic E-state index is 12.4. The predicted molar refractivity (Wildman–Crippen MR) is 135 cm³/mol. The van der Waals surface area contributed by atoms with Crippen molar-refractivity contribution in [1.82, 2.24) is 9.97 Å². The fourth-order valence-corrected chi connectivity index (χ4v) is 3.33. The van der Waals surface area contributed by atoms with Gasteiger partial charge < -0.3 is 9.47 Å². The molecule has 4 aromatic rings. The highest BCUT2D eigenvalue weighted by atomic mass is 16.5. The summed E-state index contributed by atoms with van der Waals surface area (Å²) in [7, 11) is 1.58. The third-order valence-corrected chi connectivity index (χ3v) is 5.17. The zero-order valence-corrected chi connectivity index (χ0v) is 19.3. The van der Waals surface area contributed by atoms with E-state index in [-0.39, 0.29) is 17.2 Å². The number of aryl methyl sites for hydroxylation is 1. The van der Waals surface area contributed by atoms with Crippen LogP contribution in [0.5, 0.6) is 11.5 Å². The number of benzene rings is 3. The molecular formula is C27H23N5O3. The molecule has 0 aliphatic heterocycles. The van der Waals surface area contributed by atoms with Gasteiger partial charge in [-0.05, 0) is 36.2 Å². The van der Waals surface area contributed by atoms with Gasteiger partial charge >= 0.3 is 0 Å². The van der Waals surface area contributed by atoms with Crippen LogP contribution in [-0.4, -0.2) is 23.3 Å². The van der Waals surface area contributed by atoms with Gasteiger partial charge in [0.05, 0.1) is 19.0 Å². The fraction of sp³-hybridized carbons (Fsp3) is 0.111. The van der Waals surface area contributed by atoms with Gasteiger partial charge in [-0.25, -0.2) is 10.4 Å². The number of nitrogens with one attached hydrogen (secondary N) is 2. The highest BCUT2D eigenvalue weighted by Crippen LogP contribution is 2.28. The first-order valence-corrected chi connectivity index (χ1v) is 10.8. The van der Waals surface area contributed by atoms with Gasteiger partial charge in [-0.2, -0.15) is 10.4 Å². The number of hydrogen-bond donors (Lipinski definition) is 2. The number of hydrogen-bond acceptors (Lipinski definition) is 7. The second-order valence-corrected chi connectivity index (χ2v) is 7.67. The molecule has 0 radical (unpaired) electrons. The first-order chi connectivity index (χ1) is 17.1. The number of H-pyrrole nitrogens is 1. The van der Waals surface area contributed by atoms with Crippen LogP contribution in [0.3, 0.4) is 0 Å². The smallest absolute Gasteiger partial charge is 0.270 e. The molecule has 8 nitrogen and oxygen atoms in total. The molecule has 1 aromatic heterocycles. The van der Waals surface area contributed by atoms with Crippen LogP contribution in [0.1, 0.15) is 22.3 Å². The van der Waals surface area contributed by atoms with Crippen LogP contribution >= 0.6 is 0 Å². The molecule has 1 heterocycles. The van der Waals surface area contributed by atoms with Crippen LogP contribution in [0.2, 0.25) is 0 Å². The van der Waals surface area contributed by atoms with Crippen LogP contribution in [-0.2, 0) is 6.61 Å². The van der Waals surface area contributed by atoms with E-state index < -0.39 is 5.56 Å². The molecular weight excluding hydrogens is 442 g/mol. The molecule has 35 heavy (non-hydrogen) atoms. The predicted octanol–water partition coefficient (Wildman–Crippen LogP) is 4.65. The van der Waals surface area contributed by atoms with Crippen LogP contribution in [0.4, 0.5) is 5.95 Å². The lowest BCUT2D eigenvalue weighted by Crippen LogP contribution is -2.16. The number of nitrogens with zero attached hydrogens (tertiary/aromatic N) is 3. The number of hydrazone groups is 1. The normalized spacial score (nSPS) is 10.7. The standard InChI is InChI=1S/C27H23N5O3/c1-18-8-10-19(11-9-18)17-35-24-14-20(12-13-23(24)34-2)16-29-32-27-30-25(21-6-4-3-5-7-21)22(15-28)26(33)31-27/h3-14,16H,17H2,1-2H3,(H2,30,31,32,33). The fourth-order valence-electron chi connectivity index (χ4n) is 3.33. The zero-order valence-electron chi connectivity index (χ0n) is 19.3. The largest absolute Gasteiger partial charge is 0.493 e. The van der Waals surface area contributed by atoms with Gasteiger partial charge in [-0.1, -0.05) is 60.2 Å². The first-order valence-electron chi connectivity index (χ1n) is 10.8. The van der Waals surface area contributed by atoms with E-state index in [9.17, 15) is 10.1 Å². The van der Waals surface area contributed by atoms with Crippen molar-refractivity contribution in [2.24, 2.45) is 5.10 Å². The summed E-state index contributed by atoms with van der Waals surface area (Å²) in [6.45, 7) is 2.43. The highest BCUT2D eigenvalue weighted by molar-refractivity contribution is 5.81. The Balaban J connectivity index is 1.52. The number of anilines is 1. The van der Waals surface area contributed by atoms with E-state index >= 15 is 0 Å². The van der Waals surface area contributed by atoms with Gasteiger partial charge in [0.1, 0.15) is 18.2 Å². The Labute approximate surface area is 202 Å². The number of nitriles is 1. The lowest BCUT2D eigenvalue weighted by atomic mass is 10.1. The Morgan fingerprint density at radius 1 is 1.09 bits per heavy atom. The zero-order chi connectivity index (χ0) is 24.6. The highest BCUT2D eigenvalue weighted by Gasteiger charge is 2.13. The Bertz CT molecular complexity index is 1440. The Morgan fingerprint density at radius 2 is 1.86 bits per heavy atom. The number of aromatic amines is 1. The maximum atomic E-state index is 12.4. The Kier molecular flexibility index (Phi) is 7.19. The number of rotatable bonds is 8. The summed E-state index contributed by atoms with van der Waals surface area (Å²) in [5.74, 6) is 1.30. The molecule has 4 rings (SSSR count). The molecule has 0 amide bonds. The van der Waals surface area contributed by atoms with Crippen molar-refractivity contribution >= 4 is 12.2 Å². The minimum absolute atomic E-state index is 0.0590.